The van der Waals surface area contributed by atoms with Crippen LogP contribution in [0.25, 0.3) is 0 Å². The summed E-state index contributed by atoms with van der Waals surface area (Å²) in [4.78, 5) is 26.7. The molecule has 0 unspecified atom stereocenters. The number of morpholine rings is 1. The van der Waals surface area contributed by atoms with Gasteiger partial charge in [-0.1, -0.05) is 23.7 Å². The molecule has 0 aliphatic carbocycles. The molecule has 3 rings (SSSR count). The van der Waals surface area contributed by atoms with E-state index in [1.807, 2.05) is 24.3 Å². The van der Waals surface area contributed by atoms with E-state index < -0.39 is 18.0 Å². The Morgan fingerprint density at radius 3 is 2.44 bits per heavy atom. The average molecular weight is 389 g/mol. The van der Waals surface area contributed by atoms with E-state index in [9.17, 15) is 9.59 Å². The van der Waals surface area contributed by atoms with E-state index in [0.29, 0.717) is 18.9 Å². The molecule has 1 amide bonds. The molecule has 1 atom stereocenters. The number of hydrogen-bond acceptors (Lipinski definition) is 5. The van der Waals surface area contributed by atoms with Gasteiger partial charge in [-0.3, -0.25) is 4.79 Å². The molecule has 1 saturated heterocycles. The number of nitrogens with zero attached hydrogens (tertiary/aromatic N) is 1. The third kappa shape index (κ3) is 4.99. The number of amides is 1. The first-order valence-electron chi connectivity index (χ1n) is 8.74. The number of esters is 1. The Hall–Kier alpha value is -2.57. The maximum absolute atomic E-state index is 12.3. The van der Waals surface area contributed by atoms with Gasteiger partial charge < -0.3 is 19.7 Å². The first-order chi connectivity index (χ1) is 13.0. The number of halogens is 1. The van der Waals surface area contributed by atoms with Crippen LogP contribution in [0.3, 0.4) is 0 Å². The molecule has 6 nitrogen and oxygen atoms in total. The minimum Gasteiger partial charge on any atom is -0.449 e. The van der Waals surface area contributed by atoms with Crippen molar-refractivity contribution in [2.75, 3.05) is 36.5 Å². The van der Waals surface area contributed by atoms with Gasteiger partial charge in [-0.25, -0.2) is 4.79 Å². The monoisotopic (exact) mass is 388 g/mol. The van der Waals surface area contributed by atoms with Crippen molar-refractivity contribution >= 4 is 34.9 Å². The summed E-state index contributed by atoms with van der Waals surface area (Å²) in [6, 6.07) is 14.1. The maximum atomic E-state index is 12.3. The van der Waals surface area contributed by atoms with Gasteiger partial charge in [0, 0.05) is 24.5 Å². The van der Waals surface area contributed by atoms with Crippen molar-refractivity contribution in [3.8, 4) is 0 Å². The van der Waals surface area contributed by atoms with Crippen LogP contribution in [0.4, 0.5) is 11.4 Å². The predicted molar refractivity (Wildman–Crippen MR) is 104 cm³/mol. The SMILES string of the molecule is C[C@@H](OC(=O)c1ccccc1Cl)C(=O)Nc1ccc(N2CCOCC2)cc1. The Kier molecular flexibility index (Phi) is 6.32. The number of nitrogens with one attached hydrogen (secondary N) is 1. The molecule has 7 heteroatoms. The van der Waals surface area contributed by atoms with Crippen LogP contribution in [-0.4, -0.2) is 44.3 Å². The van der Waals surface area contributed by atoms with Crippen LogP contribution in [0.2, 0.25) is 5.02 Å². The average Bonchev–Trinajstić information content (AvgIpc) is 2.69. The Balaban J connectivity index is 1.56. The van der Waals surface area contributed by atoms with Gasteiger partial charge in [0.05, 0.1) is 23.8 Å². The molecule has 1 heterocycles. The van der Waals surface area contributed by atoms with E-state index >= 15 is 0 Å². The molecule has 0 aromatic heterocycles. The van der Waals surface area contributed by atoms with Gasteiger partial charge in [0.25, 0.3) is 5.91 Å². The summed E-state index contributed by atoms with van der Waals surface area (Å²) in [5.41, 5.74) is 1.95. The molecule has 1 aliphatic rings. The van der Waals surface area contributed by atoms with Crippen molar-refractivity contribution in [3.05, 3.63) is 59.1 Å². The van der Waals surface area contributed by atoms with E-state index in [2.05, 4.69) is 10.2 Å². The summed E-state index contributed by atoms with van der Waals surface area (Å²) in [5.74, 6) is -1.04. The summed E-state index contributed by atoms with van der Waals surface area (Å²) in [7, 11) is 0. The van der Waals surface area contributed by atoms with Crippen molar-refractivity contribution in [2.45, 2.75) is 13.0 Å². The molecule has 1 fully saturated rings. The lowest BCUT2D eigenvalue weighted by Crippen LogP contribution is -2.36. The zero-order chi connectivity index (χ0) is 19.2. The smallest absolute Gasteiger partial charge is 0.340 e. The van der Waals surface area contributed by atoms with Gasteiger partial charge in [-0.15, -0.1) is 0 Å². The van der Waals surface area contributed by atoms with Gasteiger partial charge in [-0.2, -0.15) is 0 Å². The number of anilines is 2. The molecule has 27 heavy (non-hydrogen) atoms. The number of rotatable bonds is 5. The first-order valence-corrected chi connectivity index (χ1v) is 9.11. The lowest BCUT2D eigenvalue weighted by molar-refractivity contribution is -0.123. The highest BCUT2D eigenvalue weighted by atomic mass is 35.5. The molecule has 0 spiro atoms. The second kappa shape index (κ2) is 8.88. The highest BCUT2D eigenvalue weighted by Crippen LogP contribution is 2.20. The van der Waals surface area contributed by atoms with E-state index in [1.165, 1.54) is 6.92 Å². The number of hydrogen-bond donors (Lipinski definition) is 1. The molecule has 1 N–H and O–H groups in total. The largest absolute Gasteiger partial charge is 0.449 e. The lowest BCUT2D eigenvalue weighted by Gasteiger charge is -2.28. The number of carbonyl (C=O) groups is 2. The molecular weight excluding hydrogens is 368 g/mol. The Morgan fingerprint density at radius 2 is 1.78 bits per heavy atom. The second-order valence-corrected chi connectivity index (χ2v) is 6.57. The standard InChI is InChI=1S/C20H21ClN2O4/c1-14(27-20(25)17-4-2-3-5-18(17)21)19(24)22-15-6-8-16(9-7-15)23-10-12-26-13-11-23/h2-9,14H,10-13H2,1H3,(H,22,24)/t14-/m1/s1. The minimum atomic E-state index is -0.951. The van der Waals surface area contributed by atoms with Gasteiger partial charge in [0.1, 0.15) is 0 Å². The number of carbonyl (C=O) groups excluding carboxylic acids is 2. The van der Waals surface area contributed by atoms with Crippen LogP contribution in [0.15, 0.2) is 48.5 Å². The van der Waals surface area contributed by atoms with Crippen LogP contribution >= 0.6 is 11.6 Å². The summed E-state index contributed by atoms with van der Waals surface area (Å²) >= 11 is 5.98. The van der Waals surface area contributed by atoms with Gasteiger partial charge in [-0.05, 0) is 43.3 Å². The molecule has 0 radical (unpaired) electrons. The maximum Gasteiger partial charge on any atom is 0.340 e. The van der Waals surface area contributed by atoms with Crippen molar-refractivity contribution in [1.29, 1.82) is 0 Å². The van der Waals surface area contributed by atoms with Gasteiger partial charge in [0.15, 0.2) is 6.10 Å². The Morgan fingerprint density at radius 1 is 1.11 bits per heavy atom. The zero-order valence-corrected chi connectivity index (χ0v) is 15.7. The van der Waals surface area contributed by atoms with E-state index in [4.69, 9.17) is 21.1 Å². The quantitative estimate of drug-likeness (QED) is 0.795. The van der Waals surface area contributed by atoms with E-state index in [0.717, 1.165) is 18.8 Å². The summed E-state index contributed by atoms with van der Waals surface area (Å²) in [6.45, 7) is 4.65. The van der Waals surface area contributed by atoms with Crippen LogP contribution in [0, 0.1) is 0 Å². The van der Waals surface area contributed by atoms with Crippen molar-refractivity contribution in [2.24, 2.45) is 0 Å². The first kappa shape index (κ1) is 19.2. The van der Waals surface area contributed by atoms with Crippen molar-refractivity contribution in [3.63, 3.8) is 0 Å². The molecule has 142 valence electrons. The molecule has 0 saturated carbocycles. The summed E-state index contributed by atoms with van der Waals surface area (Å²) < 4.78 is 10.6. The molecule has 2 aromatic rings. The van der Waals surface area contributed by atoms with Crippen LogP contribution < -0.4 is 10.2 Å². The van der Waals surface area contributed by atoms with E-state index in [1.54, 1.807) is 24.3 Å². The van der Waals surface area contributed by atoms with Crippen LogP contribution in [-0.2, 0) is 14.3 Å². The van der Waals surface area contributed by atoms with Gasteiger partial charge in [0.2, 0.25) is 0 Å². The highest BCUT2D eigenvalue weighted by molar-refractivity contribution is 6.33. The normalized spacial score (nSPS) is 15.1. The second-order valence-electron chi connectivity index (χ2n) is 6.16. The number of benzene rings is 2. The van der Waals surface area contributed by atoms with Crippen molar-refractivity contribution in [1.82, 2.24) is 0 Å². The third-order valence-corrected chi connectivity index (χ3v) is 4.59. The van der Waals surface area contributed by atoms with Crippen LogP contribution in [0.1, 0.15) is 17.3 Å². The minimum absolute atomic E-state index is 0.230. The fraction of sp³-hybridized carbons (Fsp3) is 0.300. The molecule has 1 aliphatic heterocycles. The molecular formula is C20H21ClN2O4. The van der Waals surface area contributed by atoms with E-state index in [-0.39, 0.29) is 10.6 Å². The predicted octanol–water partition coefficient (Wildman–Crippen LogP) is 3.36. The number of ether oxygens (including phenoxy) is 2. The third-order valence-electron chi connectivity index (χ3n) is 4.26. The fourth-order valence-corrected chi connectivity index (χ4v) is 2.94. The zero-order valence-electron chi connectivity index (χ0n) is 15.0. The fourth-order valence-electron chi connectivity index (χ4n) is 2.73. The van der Waals surface area contributed by atoms with Gasteiger partial charge >= 0.3 is 5.97 Å². The summed E-state index contributed by atoms with van der Waals surface area (Å²) in [5, 5.41) is 3.04. The Labute approximate surface area is 163 Å². The van der Waals surface area contributed by atoms with Crippen LogP contribution in [0.5, 0.6) is 0 Å². The topological polar surface area (TPSA) is 67.9 Å². The molecule has 0 bridgehead atoms. The van der Waals surface area contributed by atoms with Crippen molar-refractivity contribution < 1.29 is 19.1 Å². The summed E-state index contributed by atoms with van der Waals surface area (Å²) in [6.07, 6.45) is -0.951. The highest BCUT2D eigenvalue weighted by Gasteiger charge is 2.20. The molecule has 2 aromatic carbocycles. The lowest BCUT2D eigenvalue weighted by atomic mass is 10.2. The Bertz CT molecular complexity index is 804.